The molecule has 3 heterocycles. The monoisotopic (exact) mass is 457 g/mol. The zero-order valence-electron chi connectivity index (χ0n) is 18.3. The third-order valence-electron chi connectivity index (χ3n) is 6.17. The van der Waals surface area contributed by atoms with E-state index in [1.54, 1.807) is 6.20 Å². The van der Waals surface area contributed by atoms with Gasteiger partial charge in [-0.1, -0.05) is 25.0 Å². The van der Waals surface area contributed by atoms with Gasteiger partial charge in [-0.05, 0) is 36.6 Å². The first-order valence-corrected chi connectivity index (χ1v) is 11.2. The van der Waals surface area contributed by atoms with Gasteiger partial charge in [0.25, 0.3) is 11.5 Å². The maximum absolute atomic E-state index is 12.7. The van der Waals surface area contributed by atoms with E-state index in [0.29, 0.717) is 23.3 Å². The first kappa shape index (κ1) is 21.5. The van der Waals surface area contributed by atoms with E-state index in [4.69, 9.17) is 9.52 Å². The van der Waals surface area contributed by atoms with Crippen LogP contribution < -0.4 is 16.2 Å². The van der Waals surface area contributed by atoms with Crippen LogP contribution in [-0.4, -0.2) is 25.7 Å². The topological polar surface area (TPSA) is 142 Å². The normalized spacial score (nSPS) is 17.9. The molecule has 5 rings (SSSR count). The van der Waals surface area contributed by atoms with E-state index in [1.807, 2.05) is 35.0 Å². The maximum atomic E-state index is 12.7. The number of oxazole rings is 1. The molecule has 34 heavy (non-hydrogen) atoms. The molecule has 0 spiro atoms. The Balaban J connectivity index is 1.37. The number of nitriles is 1. The number of aromatic nitrogens is 4. The van der Waals surface area contributed by atoms with Gasteiger partial charge in [-0.15, -0.1) is 0 Å². The lowest BCUT2D eigenvalue weighted by Gasteiger charge is -2.27. The van der Waals surface area contributed by atoms with Crippen molar-refractivity contribution in [2.45, 2.75) is 38.3 Å². The maximum Gasteiger partial charge on any atom is 0.288 e. The Hall–Kier alpha value is -4.39. The molecule has 2 atom stereocenters. The summed E-state index contributed by atoms with van der Waals surface area (Å²) in [6.45, 7) is 0.328. The molecule has 3 aromatic heterocycles. The lowest BCUT2D eigenvalue weighted by atomic mass is 9.85. The van der Waals surface area contributed by atoms with E-state index >= 15 is 0 Å². The van der Waals surface area contributed by atoms with E-state index in [0.717, 1.165) is 36.9 Å². The molecule has 1 saturated carbocycles. The largest absolute Gasteiger partial charge is 0.438 e. The van der Waals surface area contributed by atoms with Crippen LogP contribution in [0.15, 0.2) is 58.3 Å². The Kier molecular flexibility index (Phi) is 5.82. The smallest absolute Gasteiger partial charge is 0.288 e. The summed E-state index contributed by atoms with van der Waals surface area (Å²) >= 11 is 0. The number of carbonyl (C=O) groups is 1. The summed E-state index contributed by atoms with van der Waals surface area (Å²) in [6.07, 6.45) is 7.94. The SMILES string of the molecule is N#CC1CCCCC1n1nc(Nc2ccc(CNC(=O)c3cnco3)cc2)c2c(=O)[nH]ccc21. The minimum Gasteiger partial charge on any atom is -0.438 e. The minimum atomic E-state index is -0.339. The van der Waals surface area contributed by atoms with Crippen LogP contribution in [-0.2, 0) is 6.54 Å². The van der Waals surface area contributed by atoms with Crippen molar-refractivity contribution in [2.24, 2.45) is 5.92 Å². The van der Waals surface area contributed by atoms with Gasteiger partial charge < -0.3 is 20.0 Å². The van der Waals surface area contributed by atoms with Crippen LogP contribution in [0.1, 0.15) is 47.8 Å². The highest BCUT2D eigenvalue weighted by atomic mass is 16.3. The molecule has 1 aromatic carbocycles. The number of nitrogens with zero attached hydrogens (tertiary/aromatic N) is 4. The molecule has 10 nitrogen and oxygen atoms in total. The fourth-order valence-corrected chi connectivity index (χ4v) is 4.43. The molecule has 2 unspecified atom stereocenters. The molecule has 0 radical (unpaired) electrons. The summed E-state index contributed by atoms with van der Waals surface area (Å²) in [6, 6.07) is 11.7. The lowest BCUT2D eigenvalue weighted by Crippen LogP contribution is -2.23. The summed E-state index contributed by atoms with van der Waals surface area (Å²) in [5, 5.41) is 20.9. The fraction of sp³-hybridized carbons (Fsp3) is 0.292. The third kappa shape index (κ3) is 4.15. The van der Waals surface area contributed by atoms with Gasteiger partial charge >= 0.3 is 0 Å². The van der Waals surface area contributed by atoms with Crippen molar-refractivity contribution < 1.29 is 9.21 Å². The molecule has 4 aromatic rings. The molecule has 3 N–H and O–H groups in total. The highest BCUT2D eigenvalue weighted by molar-refractivity contribution is 5.91. The van der Waals surface area contributed by atoms with E-state index < -0.39 is 0 Å². The number of amides is 1. The number of carbonyl (C=O) groups excluding carboxylic acids is 1. The average molecular weight is 457 g/mol. The second-order valence-electron chi connectivity index (χ2n) is 8.32. The first-order chi connectivity index (χ1) is 16.6. The molecular weight excluding hydrogens is 434 g/mol. The molecular formula is C24H23N7O3. The second-order valence-corrected chi connectivity index (χ2v) is 8.32. The zero-order valence-corrected chi connectivity index (χ0v) is 18.3. The third-order valence-corrected chi connectivity index (χ3v) is 6.17. The van der Waals surface area contributed by atoms with Crippen LogP contribution in [0.2, 0.25) is 0 Å². The standard InChI is InChI=1S/C24H23N7O3/c25-11-16-3-1-2-4-18(16)31-19-9-10-27-24(33)21(19)22(30-31)29-17-7-5-15(6-8-17)12-28-23(32)20-13-26-14-34-20/h5-10,13-14,16,18H,1-4,12H2,(H,27,33)(H,28,32)(H,29,30). The highest BCUT2D eigenvalue weighted by Crippen LogP contribution is 2.36. The number of pyridine rings is 1. The quantitative estimate of drug-likeness (QED) is 0.401. The van der Waals surface area contributed by atoms with Gasteiger partial charge in [0, 0.05) is 18.4 Å². The van der Waals surface area contributed by atoms with E-state index in [9.17, 15) is 14.9 Å². The number of H-pyrrole nitrogens is 1. The van der Waals surface area contributed by atoms with Crippen molar-refractivity contribution >= 4 is 28.3 Å². The van der Waals surface area contributed by atoms with Crippen molar-refractivity contribution in [1.29, 1.82) is 5.26 Å². The number of anilines is 2. The zero-order chi connectivity index (χ0) is 23.5. The van der Waals surface area contributed by atoms with Crippen LogP contribution in [0.3, 0.4) is 0 Å². The van der Waals surface area contributed by atoms with Crippen molar-refractivity contribution in [1.82, 2.24) is 25.1 Å². The second kappa shape index (κ2) is 9.23. The summed E-state index contributed by atoms with van der Waals surface area (Å²) in [7, 11) is 0. The number of benzene rings is 1. The predicted molar refractivity (Wildman–Crippen MR) is 124 cm³/mol. The summed E-state index contributed by atoms with van der Waals surface area (Å²) in [5.41, 5.74) is 2.12. The molecule has 0 bridgehead atoms. The Labute approximate surface area is 194 Å². The van der Waals surface area contributed by atoms with E-state index in [-0.39, 0.29) is 29.2 Å². The Bertz CT molecular complexity index is 1400. The molecule has 0 aliphatic heterocycles. The van der Waals surface area contributed by atoms with E-state index in [1.165, 1.54) is 12.6 Å². The number of rotatable bonds is 6. The predicted octanol–water partition coefficient (Wildman–Crippen LogP) is 3.64. The Morgan fingerprint density at radius 1 is 1.24 bits per heavy atom. The highest BCUT2D eigenvalue weighted by Gasteiger charge is 2.29. The number of fused-ring (bicyclic) bond motifs is 1. The molecule has 10 heteroatoms. The van der Waals surface area contributed by atoms with Crippen LogP contribution >= 0.6 is 0 Å². The number of nitrogens with one attached hydrogen (secondary N) is 3. The molecule has 0 saturated heterocycles. The number of hydrogen-bond donors (Lipinski definition) is 3. The van der Waals surface area contributed by atoms with Gasteiger partial charge in [0.1, 0.15) is 5.39 Å². The van der Waals surface area contributed by atoms with Crippen LogP contribution in [0, 0.1) is 17.2 Å². The summed E-state index contributed by atoms with van der Waals surface area (Å²) in [4.78, 5) is 31.1. The van der Waals surface area contributed by atoms with Crippen LogP contribution in [0.4, 0.5) is 11.5 Å². The van der Waals surface area contributed by atoms with Crippen molar-refractivity contribution in [3.05, 3.63) is 70.8 Å². The van der Waals surface area contributed by atoms with Crippen LogP contribution in [0.5, 0.6) is 0 Å². The lowest BCUT2D eigenvalue weighted by molar-refractivity contribution is 0.0923. The van der Waals surface area contributed by atoms with Gasteiger partial charge in [0.2, 0.25) is 5.76 Å². The van der Waals surface area contributed by atoms with Crippen molar-refractivity contribution in [3.8, 4) is 6.07 Å². The Morgan fingerprint density at radius 3 is 2.82 bits per heavy atom. The van der Waals surface area contributed by atoms with E-state index in [2.05, 4.69) is 26.7 Å². The molecule has 1 aliphatic rings. The average Bonchev–Trinajstić information content (AvgIpc) is 3.53. The minimum absolute atomic E-state index is 0.0612. The van der Waals surface area contributed by atoms with Gasteiger partial charge in [-0.3, -0.25) is 14.3 Å². The van der Waals surface area contributed by atoms with Gasteiger partial charge in [-0.2, -0.15) is 10.4 Å². The van der Waals surface area contributed by atoms with Gasteiger partial charge in [0.05, 0.1) is 29.7 Å². The molecule has 1 fully saturated rings. The first-order valence-electron chi connectivity index (χ1n) is 11.2. The van der Waals surface area contributed by atoms with Crippen LogP contribution in [0.25, 0.3) is 10.9 Å². The molecule has 1 aliphatic carbocycles. The van der Waals surface area contributed by atoms with Gasteiger partial charge in [0.15, 0.2) is 12.2 Å². The Morgan fingerprint density at radius 2 is 2.06 bits per heavy atom. The summed E-state index contributed by atoms with van der Waals surface area (Å²) < 4.78 is 6.83. The molecule has 1 amide bonds. The number of hydrogen-bond acceptors (Lipinski definition) is 7. The van der Waals surface area contributed by atoms with Gasteiger partial charge in [-0.25, -0.2) is 4.98 Å². The van der Waals surface area contributed by atoms with Crippen molar-refractivity contribution in [3.63, 3.8) is 0 Å². The molecule has 172 valence electrons. The fourth-order valence-electron chi connectivity index (χ4n) is 4.43. The number of aromatic amines is 1. The summed E-state index contributed by atoms with van der Waals surface area (Å²) in [5.74, 6) is 0.137. The van der Waals surface area contributed by atoms with Crippen molar-refractivity contribution in [2.75, 3.05) is 5.32 Å².